The first-order valence-corrected chi connectivity index (χ1v) is 7.72. The number of rotatable bonds is 4. The van der Waals surface area contributed by atoms with Crippen LogP contribution < -0.4 is 5.32 Å². The van der Waals surface area contributed by atoms with Crippen molar-refractivity contribution in [3.63, 3.8) is 0 Å². The zero-order valence-electron chi connectivity index (χ0n) is 12.0. The van der Waals surface area contributed by atoms with Crippen molar-refractivity contribution in [3.05, 3.63) is 75.9 Å². The minimum atomic E-state index is -0.245. The number of halogens is 2. The number of aromatic amines is 1. The van der Waals surface area contributed by atoms with Gasteiger partial charge >= 0.3 is 0 Å². The molecule has 3 aromatic rings. The van der Waals surface area contributed by atoms with E-state index in [4.69, 9.17) is 23.2 Å². The number of carbonyl (C=O) groups excluding carboxylic acids is 1. The van der Waals surface area contributed by atoms with Crippen molar-refractivity contribution in [3.8, 4) is 11.3 Å². The number of hydrogen-bond acceptors (Lipinski definition) is 2. The maximum atomic E-state index is 12.2. The Hall–Kier alpha value is -2.30. The van der Waals surface area contributed by atoms with Crippen molar-refractivity contribution < 1.29 is 4.79 Å². The Balaban J connectivity index is 1.70. The molecule has 2 aromatic carbocycles. The molecule has 0 radical (unpaired) electrons. The third-order valence-electron chi connectivity index (χ3n) is 3.34. The van der Waals surface area contributed by atoms with Crippen LogP contribution in [0, 0.1) is 0 Å². The van der Waals surface area contributed by atoms with Gasteiger partial charge in [-0.05, 0) is 29.8 Å². The lowest BCUT2D eigenvalue weighted by Gasteiger charge is -2.05. The summed E-state index contributed by atoms with van der Waals surface area (Å²) in [4.78, 5) is 12.2. The molecule has 6 heteroatoms. The van der Waals surface area contributed by atoms with Crippen molar-refractivity contribution in [2.75, 3.05) is 0 Å². The first-order chi connectivity index (χ1) is 11.1. The Morgan fingerprint density at radius 3 is 2.70 bits per heavy atom. The number of amides is 1. The molecule has 1 aromatic heterocycles. The van der Waals surface area contributed by atoms with Crippen molar-refractivity contribution in [1.29, 1.82) is 0 Å². The minimum Gasteiger partial charge on any atom is -0.347 e. The van der Waals surface area contributed by atoms with E-state index in [1.807, 2.05) is 30.3 Å². The number of nitrogens with zero attached hydrogens (tertiary/aromatic N) is 1. The molecule has 1 heterocycles. The molecule has 0 fully saturated rings. The van der Waals surface area contributed by atoms with Crippen LogP contribution in [0.1, 0.15) is 16.1 Å². The van der Waals surface area contributed by atoms with Crippen LogP contribution in [0.15, 0.2) is 54.6 Å². The predicted molar refractivity (Wildman–Crippen MR) is 91.7 cm³/mol. The van der Waals surface area contributed by atoms with E-state index < -0.39 is 0 Å². The molecule has 0 aliphatic heterocycles. The van der Waals surface area contributed by atoms with Crippen molar-refractivity contribution in [2.24, 2.45) is 0 Å². The molecule has 0 saturated heterocycles. The zero-order valence-corrected chi connectivity index (χ0v) is 13.5. The van der Waals surface area contributed by atoms with Gasteiger partial charge in [0, 0.05) is 22.2 Å². The molecule has 23 heavy (non-hydrogen) atoms. The largest absolute Gasteiger partial charge is 0.347 e. The van der Waals surface area contributed by atoms with E-state index in [0.29, 0.717) is 28.0 Å². The molecule has 0 unspecified atom stereocenters. The Bertz CT molecular complexity index is 845. The first-order valence-electron chi connectivity index (χ1n) is 6.96. The number of carbonyl (C=O) groups is 1. The summed E-state index contributed by atoms with van der Waals surface area (Å²) in [5.74, 6) is -0.245. The number of H-pyrrole nitrogens is 1. The van der Waals surface area contributed by atoms with Gasteiger partial charge < -0.3 is 5.32 Å². The molecule has 0 atom stereocenters. The summed E-state index contributed by atoms with van der Waals surface area (Å²) in [7, 11) is 0. The number of hydrogen-bond donors (Lipinski definition) is 2. The van der Waals surface area contributed by atoms with Gasteiger partial charge in [0.1, 0.15) is 5.69 Å². The van der Waals surface area contributed by atoms with E-state index in [-0.39, 0.29) is 5.91 Å². The zero-order chi connectivity index (χ0) is 16.2. The molecule has 0 aliphatic carbocycles. The molecular formula is C17H13Cl2N3O. The quantitative estimate of drug-likeness (QED) is 0.739. The highest BCUT2D eigenvalue weighted by atomic mass is 35.5. The van der Waals surface area contributed by atoms with Crippen LogP contribution in [-0.4, -0.2) is 16.1 Å². The first kappa shape index (κ1) is 15.6. The van der Waals surface area contributed by atoms with Gasteiger partial charge in [-0.15, -0.1) is 0 Å². The smallest absolute Gasteiger partial charge is 0.269 e. The van der Waals surface area contributed by atoms with Crippen molar-refractivity contribution in [1.82, 2.24) is 15.5 Å². The summed E-state index contributed by atoms with van der Waals surface area (Å²) in [5, 5.41) is 10.9. The van der Waals surface area contributed by atoms with Gasteiger partial charge in [-0.2, -0.15) is 5.10 Å². The van der Waals surface area contributed by atoms with E-state index in [1.165, 1.54) is 0 Å². The molecule has 0 aliphatic rings. The maximum absolute atomic E-state index is 12.2. The second-order valence-corrected chi connectivity index (χ2v) is 5.79. The maximum Gasteiger partial charge on any atom is 0.269 e. The number of aromatic nitrogens is 2. The number of benzene rings is 2. The molecule has 2 N–H and O–H groups in total. The molecular weight excluding hydrogens is 333 g/mol. The topological polar surface area (TPSA) is 57.8 Å². The highest BCUT2D eigenvalue weighted by Gasteiger charge is 2.11. The van der Waals surface area contributed by atoms with Gasteiger partial charge in [-0.3, -0.25) is 9.89 Å². The Morgan fingerprint density at radius 2 is 1.91 bits per heavy atom. The number of nitrogens with one attached hydrogen (secondary N) is 2. The van der Waals surface area contributed by atoms with Gasteiger partial charge in [0.25, 0.3) is 5.91 Å². The molecule has 3 rings (SSSR count). The summed E-state index contributed by atoms with van der Waals surface area (Å²) < 4.78 is 0. The average molecular weight is 346 g/mol. The van der Waals surface area contributed by atoms with Gasteiger partial charge in [-0.25, -0.2) is 0 Å². The van der Waals surface area contributed by atoms with Crippen LogP contribution in [0.25, 0.3) is 11.3 Å². The third-order valence-corrected chi connectivity index (χ3v) is 3.94. The van der Waals surface area contributed by atoms with Gasteiger partial charge in [0.2, 0.25) is 0 Å². The lowest BCUT2D eigenvalue weighted by Crippen LogP contribution is -2.23. The van der Waals surface area contributed by atoms with Crippen molar-refractivity contribution in [2.45, 2.75) is 6.54 Å². The standard InChI is InChI=1S/C17H13Cl2N3O/c18-13-6-3-5-11(8-13)15-9-16(22-21-15)17(23)20-10-12-4-1-2-7-14(12)19/h1-9H,10H2,(H,20,23)(H,21,22). The van der Waals surface area contributed by atoms with Gasteiger partial charge in [0.15, 0.2) is 0 Å². The van der Waals surface area contributed by atoms with Crippen LogP contribution in [0.3, 0.4) is 0 Å². The van der Waals surface area contributed by atoms with E-state index in [2.05, 4.69) is 15.5 Å². The van der Waals surface area contributed by atoms with E-state index in [1.54, 1.807) is 24.3 Å². The highest BCUT2D eigenvalue weighted by molar-refractivity contribution is 6.31. The lowest BCUT2D eigenvalue weighted by molar-refractivity contribution is 0.0946. The van der Waals surface area contributed by atoms with E-state index >= 15 is 0 Å². The summed E-state index contributed by atoms with van der Waals surface area (Å²) in [6, 6.07) is 16.4. The fraction of sp³-hybridized carbons (Fsp3) is 0.0588. The Morgan fingerprint density at radius 1 is 1.09 bits per heavy atom. The van der Waals surface area contributed by atoms with E-state index in [0.717, 1.165) is 11.1 Å². The SMILES string of the molecule is O=C(NCc1ccccc1Cl)c1cc(-c2cccc(Cl)c2)n[nH]1. The fourth-order valence-electron chi connectivity index (χ4n) is 2.15. The third kappa shape index (κ3) is 3.73. The monoisotopic (exact) mass is 345 g/mol. The summed E-state index contributed by atoms with van der Waals surface area (Å²) >= 11 is 12.0. The molecule has 1 amide bonds. The highest BCUT2D eigenvalue weighted by Crippen LogP contribution is 2.21. The second kappa shape index (κ2) is 6.86. The van der Waals surface area contributed by atoms with Crippen LogP contribution >= 0.6 is 23.2 Å². The lowest BCUT2D eigenvalue weighted by atomic mass is 10.1. The molecule has 116 valence electrons. The Kier molecular flexibility index (Phi) is 4.65. The molecule has 4 nitrogen and oxygen atoms in total. The molecule has 0 saturated carbocycles. The van der Waals surface area contributed by atoms with Gasteiger partial charge in [-0.1, -0.05) is 53.5 Å². The molecule has 0 bridgehead atoms. The van der Waals surface area contributed by atoms with E-state index in [9.17, 15) is 4.79 Å². The van der Waals surface area contributed by atoms with Crippen LogP contribution in [0.2, 0.25) is 10.0 Å². The minimum absolute atomic E-state index is 0.245. The molecule has 0 spiro atoms. The fourth-order valence-corrected chi connectivity index (χ4v) is 2.54. The van der Waals surface area contributed by atoms with Crippen LogP contribution in [0.4, 0.5) is 0 Å². The normalized spacial score (nSPS) is 10.5. The summed E-state index contributed by atoms with van der Waals surface area (Å²) in [6.45, 7) is 0.351. The summed E-state index contributed by atoms with van der Waals surface area (Å²) in [6.07, 6.45) is 0. The van der Waals surface area contributed by atoms with Crippen molar-refractivity contribution >= 4 is 29.1 Å². The predicted octanol–water partition coefficient (Wildman–Crippen LogP) is 4.31. The van der Waals surface area contributed by atoms with Crippen LogP contribution in [0.5, 0.6) is 0 Å². The summed E-state index contributed by atoms with van der Waals surface area (Å²) in [5.41, 5.74) is 2.75. The van der Waals surface area contributed by atoms with Gasteiger partial charge in [0.05, 0.1) is 5.69 Å². The second-order valence-electron chi connectivity index (χ2n) is 4.95. The average Bonchev–Trinajstić information content (AvgIpc) is 3.04. The Labute approximate surface area is 143 Å². The van der Waals surface area contributed by atoms with Crippen LogP contribution in [-0.2, 0) is 6.54 Å².